The van der Waals surface area contributed by atoms with Gasteiger partial charge in [0.15, 0.2) is 0 Å². The van der Waals surface area contributed by atoms with E-state index in [2.05, 4.69) is 4.98 Å². The number of nitrogens with zero attached hydrogens (tertiary/aromatic N) is 2. The second-order valence-corrected chi connectivity index (χ2v) is 6.23. The number of aldehydes is 1. The molecule has 4 heteroatoms. The zero-order valence-corrected chi connectivity index (χ0v) is 14.5. The summed E-state index contributed by atoms with van der Waals surface area (Å²) in [7, 11) is 0. The number of hydrogen-bond donors (Lipinski definition) is 0. The first-order valence-corrected chi connectivity index (χ1v) is 8.66. The lowest BCUT2D eigenvalue weighted by Crippen LogP contribution is -2.35. The molecule has 0 bridgehead atoms. The van der Waals surface area contributed by atoms with Gasteiger partial charge in [-0.15, -0.1) is 0 Å². The topological polar surface area (TPSA) is 33.2 Å². The molecule has 3 aromatic rings. The van der Waals surface area contributed by atoms with Gasteiger partial charge in [0.2, 0.25) is 0 Å². The second kappa shape index (κ2) is 7.38. The number of benzene rings is 2. The van der Waals surface area contributed by atoms with Crippen molar-refractivity contribution >= 4 is 23.1 Å². The van der Waals surface area contributed by atoms with E-state index in [0.717, 1.165) is 28.8 Å². The van der Waals surface area contributed by atoms with Crippen LogP contribution in [-0.2, 0) is 4.79 Å². The van der Waals surface area contributed by atoms with Crippen LogP contribution in [0.25, 0.3) is 11.1 Å². The monoisotopic (exact) mass is 356 g/mol. The number of aromatic nitrogens is 1. The molecule has 1 atom stereocenters. The first-order valence-electron chi connectivity index (χ1n) is 8.66. The Hall–Kier alpha value is -3.53. The van der Waals surface area contributed by atoms with Gasteiger partial charge < -0.3 is 9.69 Å². The Balaban J connectivity index is 1.89. The summed E-state index contributed by atoms with van der Waals surface area (Å²) < 4.78 is 13.8. The molecule has 1 unspecified atom stereocenters. The molecule has 0 N–H and O–H groups in total. The van der Waals surface area contributed by atoms with Crippen LogP contribution in [0.2, 0.25) is 0 Å². The van der Waals surface area contributed by atoms with Crippen molar-refractivity contribution < 1.29 is 9.18 Å². The maximum Gasteiger partial charge on any atom is 0.147 e. The van der Waals surface area contributed by atoms with E-state index in [4.69, 9.17) is 0 Å². The summed E-state index contributed by atoms with van der Waals surface area (Å²) in [6.45, 7) is 0. The number of halogens is 1. The lowest BCUT2D eigenvalue weighted by atomic mass is 9.91. The number of pyridine rings is 1. The van der Waals surface area contributed by atoms with E-state index in [1.807, 2.05) is 71.8 Å². The van der Waals surface area contributed by atoms with Gasteiger partial charge in [0.1, 0.15) is 18.1 Å². The summed E-state index contributed by atoms with van der Waals surface area (Å²) in [6.07, 6.45) is 6.44. The van der Waals surface area contributed by atoms with Crippen molar-refractivity contribution in [2.75, 3.05) is 4.90 Å². The Bertz CT molecular complexity index is 1010. The van der Waals surface area contributed by atoms with Crippen LogP contribution in [0.4, 0.5) is 10.1 Å². The Morgan fingerprint density at radius 2 is 1.78 bits per heavy atom. The van der Waals surface area contributed by atoms with Gasteiger partial charge in [-0.2, -0.15) is 0 Å². The smallest absolute Gasteiger partial charge is 0.147 e. The van der Waals surface area contributed by atoms with Gasteiger partial charge in [0, 0.05) is 23.7 Å². The summed E-state index contributed by atoms with van der Waals surface area (Å²) in [6, 6.07) is 21.1. The highest BCUT2D eigenvalue weighted by molar-refractivity contribution is 5.98. The number of carbonyl (C=O) groups excluding carboxylic acids is 1. The Labute approximate surface area is 157 Å². The summed E-state index contributed by atoms with van der Waals surface area (Å²) >= 11 is 0. The molecule has 3 nitrogen and oxygen atoms in total. The summed E-state index contributed by atoms with van der Waals surface area (Å²) in [4.78, 5) is 18.4. The van der Waals surface area contributed by atoms with E-state index >= 15 is 0 Å². The number of rotatable bonds is 4. The highest BCUT2D eigenvalue weighted by Crippen LogP contribution is 2.34. The van der Waals surface area contributed by atoms with Gasteiger partial charge in [-0.1, -0.05) is 36.4 Å². The van der Waals surface area contributed by atoms with Gasteiger partial charge in [-0.3, -0.25) is 4.98 Å². The zero-order chi connectivity index (χ0) is 18.6. The highest BCUT2D eigenvalue weighted by Gasteiger charge is 2.27. The minimum atomic E-state index is -0.554. The molecule has 0 aliphatic carbocycles. The molecule has 27 heavy (non-hydrogen) atoms. The fourth-order valence-electron chi connectivity index (χ4n) is 3.24. The van der Waals surface area contributed by atoms with Gasteiger partial charge in [-0.25, -0.2) is 4.39 Å². The Morgan fingerprint density at radius 1 is 0.963 bits per heavy atom. The third-order valence-corrected chi connectivity index (χ3v) is 4.51. The van der Waals surface area contributed by atoms with Gasteiger partial charge >= 0.3 is 0 Å². The quantitative estimate of drug-likeness (QED) is 0.634. The largest absolute Gasteiger partial charge is 0.333 e. The van der Waals surface area contributed by atoms with E-state index in [1.54, 1.807) is 12.3 Å². The van der Waals surface area contributed by atoms with Crippen LogP contribution in [0.5, 0.6) is 0 Å². The van der Waals surface area contributed by atoms with E-state index in [9.17, 15) is 9.18 Å². The van der Waals surface area contributed by atoms with E-state index in [0.29, 0.717) is 5.56 Å². The minimum absolute atomic E-state index is 0.335. The summed E-state index contributed by atoms with van der Waals surface area (Å²) in [5.41, 5.74) is 3.93. The normalized spacial score (nSPS) is 16.5. The number of allylic oxidation sites excluding steroid dienone is 2. The molecule has 2 heterocycles. The van der Waals surface area contributed by atoms with Crippen LogP contribution in [0.15, 0.2) is 91.3 Å². The number of carbonyl (C=O) groups is 1. The van der Waals surface area contributed by atoms with Gasteiger partial charge in [0.25, 0.3) is 0 Å². The van der Waals surface area contributed by atoms with E-state index in [-0.39, 0.29) is 5.82 Å². The Morgan fingerprint density at radius 3 is 2.48 bits per heavy atom. The van der Waals surface area contributed by atoms with Gasteiger partial charge in [0.05, 0.1) is 5.69 Å². The van der Waals surface area contributed by atoms with E-state index in [1.165, 1.54) is 12.1 Å². The Kier molecular flexibility index (Phi) is 4.62. The van der Waals surface area contributed by atoms with Crippen LogP contribution in [0, 0.1) is 5.82 Å². The molecule has 1 aromatic heterocycles. The molecule has 0 radical (unpaired) electrons. The molecule has 4 rings (SSSR count). The standard InChI is InChI=1S/C23H17FN2O/c24-19-8-6-7-17(13-19)21-14-18(22-11-4-5-12-25-22)15-26(23(21)16-27)20-9-2-1-3-10-20/h1-16,23H. The predicted octanol–water partition coefficient (Wildman–Crippen LogP) is 4.73. The molecule has 1 aliphatic rings. The van der Waals surface area contributed by atoms with Crippen LogP contribution in [-0.4, -0.2) is 17.3 Å². The SMILES string of the molecule is O=CC1C(c2cccc(F)c2)=CC(c2ccccn2)=CN1c1ccccc1. The number of para-hydroxylation sites is 1. The van der Waals surface area contributed by atoms with Crippen molar-refractivity contribution in [2.24, 2.45) is 0 Å². The average molecular weight is 356 g/mol. The van der Waals surface area contributed by atoms with Gasteiger partial charge in [-0.05, 0) is 53.6 Å². The van der Waals surface area contributed by atoms with Crippen LogP contribution < -0.4 is 4.90 Å². The molecule has 0 saturated carbocycles. The molecule has 0 fully saturated rings. The van der Waals surface area contributed by atoms with Crippen molar-refractivity contribution in [3.8, 4) is 0 Å². The molecule has 0 amide bonds. The maximum atomic E-state index is 13.8. The average Bonchev–Trinajstić information content (AvgIpc) is 2.74. The summed E-state index contributed by atoms with van der Waals surface area (Å²) in [5.74, 6) is -0.335. The van der Waals surface area contributed by atoms with Crippen molar-refractivity contribution in [3.63, 3.8) is 0 Å². The fraction of sp³-hybridized carbons (Fsp3) is 0.0435. The highest BCUT2D eigenvalue weighted by atomic mass is 19.1. The summed E-state index contributed by atoms with van der Waals surface area (Å²) in [5, 5.41) is 0. The third-order valence-electron chi connectivity index (χ3n) is 4.51. The van der Waals surface area contributed by atoms with Crippen molar-refractivity contribution in [1.29, 1.82) is 0 Å². The second-order valence-electron chi connectivity index (χ2n) is 6.23. The first-order chi connectivity index (χ1) is 13.3. The molecular formula is C23H17FN2O. The van der Waals surface area contributed by atoms with Crippen molar-refractivity contribution in [3.05, 3.63) is 108 Å². The third kappa shape index (κ3) is 3.42. The zero-order valence-electron chi connectivity index (χ0n) is 14.5. The molecule has 0 saturated heterocycles. The number of anilines is 1. The van der Waals surface area contributed by atoms with E-state index < -0.39 is 6.04 Å². The molecule has 0 spiro atoms. The minimum Gasteiger partial charge on any atom is -0.333 e. The molecule has 1 aliphatic heterocycles. The fourth-order valence-corrected chi connectivity index (χ4v) is 3.24. The van der Waals surface area contributed by atoms with Crippen LogP contribution in [0.3, 0.4) is 0 Å². The lowest BCUT2D eigenvalue weighted by molar-refractivity contribution is -0.107. The molecule has 132 valence electrons. The molecular weight excluding hydrogens is 339 g/mol. The van der Waals surface area contributed by atoms with Crippen molar-refractivity contribution in [1.82, 2.24) is 4.98 Å². The molecule has 2 aromatic carbocycles. The van der Waals surface area contributed by atoms with Crippen LogP contribution in [0.1, 0.15) is 11.3 Å². The number of hydrogen-bond acceptors (Lipinski definition) is 3. The lowest BCUT2D eigenvalue weighted by Gasteiger charge is -2.33. The van der Waals surface area contributed by atoms with Crippen LogP contribution >= 0.6 is 0 Å². The maximum absolute atomic E-state index is 13.8. The first kappa shape index (κ1) is 16.9. The predicted molar refractivity (Wildman–Crippen MR) is 105 cm³/mol. The van der Waals surface area contributed by atoms with Crippen molar-refractivity contribution in [2.45, 2.75) is 6.04 Å².